The van der Waals surface area contributed by atoms with Gasteiger partial charge in [0.15, 0.2) is 11.5 Å². The Hall–Kier alpha value is -1.75. The number of ether oxygens (including phenoxy) is 2. The third kappa shape index (κ3) is 2.38. The molecule has 1 fully saturated rings. The van der Waals surface area contributed by atoms with Crippen molar-refractivity contribution in [3.05, 3.63) is 23.8 Å². The average Bonchev–Trinajstić information content (AvgIpc) is 2.94. The molecule has 2 heterocycles. The highest BCUT2D eigenvalue weighted by Crippen LogP contribution is 2.33. The van der Waals surface area contributed by atoms with Crippen LogP contribution in [0, 0.1) is 5.92 Å². The van der Waals surface area contributed by atoms with Crippen LogP contribution in [0.2, 0.25) is 0 Å². The predicted octanol–water partition coefficient (Wildman–Crippen LogP) is 1.26. The molecule has 0 aliphatic carbocycles. The second-order valence-electron chi connectivity index (χ2n) is 5.01. The lowest BCUT2D eigenvalue weighted by Gasteiger charge is -2.31. The van der Waals surface area contributed by atoms with E-state index in [-0.39, 0.29) is 25.2 Å². The number of aliphatic hydroxyl groups is 1. The molecule has 102 valence electrons. The Morgan fingerprint density at radius 2 is 2.21 bits per heavy atom. The van der Waals surface area contributed by atoms with Crippen LogP contribution in [0.15, 0.2) is 18.2 Å². The van der Waals surface area contributed by atoms with Crippen molar-refractivity contribution < 1.29 is 19.4 Å². The molecule has 1 aromatic rings. The van der Waals surface area contributed by atoms with E-state index in [1.807, 2.05) is 4.90 Å². The third-order valence-corrected chi connectivity index (χ3v) is 3.68. The van der Waals surface area contributed by atoms with E-state index in [0.717, 1.165) is 19.4 Å². The van der Waals surface area contributed by atoms with Gasteiger partial charge in [0.05, 0.1) is 0 Å². The minimum Gasteiger partial charge on any atom is -0.454 e. The van der Waals surface area contributed by atoms with Crippen LogP contribution in [0.1, 0.15) is 23.2 Å². The SMILES string of the molecule is O=C(c1ccc2c(c1)OCO2)N1CCCC(CO)C1. The Morgan fingerprint density at radius 1 is 1.37 bits per heavy atom. The molecule has 0 radical (unpaired) electrons. The summed E-state index contributed by atoms with van der Waals surface area (Å²) in [6.45, 7) is 1.74. The van der Waals surface area contributed by atoms with E-state index in [9.17, 15) is 9.90 Å². The van der Waals surface area contributed by atoms with E-state index in [4.69, 9.17) is 9.47 Å². The molecule has 19 heavy (non-hydrogen) atoms. The molecule has 0 bridgehead atoms. The Labute approximate surface area is 111 Å². The first-order chi connectivity index (χ1) is 9.28. The van der Waals surface area contributed by atoms with Crippen LogP contribution in [0.5, 0.6) is 11.5 Å². The maximum absolute atomic E-state index is 12.4. The van der Waals surface area contributed by atoms with Crippen molar-refractivity contribution in [2.24, 2.45) is 5.92 Å². The average molecular weight is 263 g/mol. The number of amides is 1. The van der Waals surface area contributed by atoms with Crippen molar-refractivity contribution in [2.75, 3.05) is 26.5 Å². The van der Waals surface area contributed by atoms with Crippen LogP contribution in [0.3, 0.4) is 0 Å². The van der Waals surface area contributed by atoms with Crippen LogP contribution in [0.25, 0.3) is 0 Å². The quantitative estimate of drug-likeness (QED) is 0.872. The fourth-order valence-corrected chi connectivity index (χ4v) is 2.61. The van der Waals surface area contributed by atoms with Gasteiger partial charge in [0.2, 0.25) is 6.79 Å². The summed E-state index contributed by atoms with van der Waals surface area (Å²) in [5.74, 6) is 1.51. The summed E-state index contributed by atoms with van der Waals surface area (Å²) in [4.78, 5) is 14.2. The molecule has 2 aliphatic rings. The summed E-state index contributed by atoms with van der Waals surface area (Å²) in [6.07, 6.45) is 1.93. The molecule has 0 saturated carbocycles. The lowest BCUT2D eigenvalue weighted by atomic mass is 9.98. The summed E-state index contributed by atoms with van der Waals surface area (Å²) >= 11 is 0. The molecule has 5 nitrogen and oxygen atoms in total. The van der Waals surface area contributed by atoms with Crippen molar-refractivity contribution in [3.63, 3.8) is 0 Å². The second-order valence-corrected chi connectivity index (χ2v) is 5.01. The molecule has 3 rings (SSSR count). The van der Waals surface area contributed by atoms with Crippen LogP contribution >= 0.6 is 0 Å². The number of benzene rings is 1. The van der Waals surface area contributed by atoms with Crippen LogP contribution in [-0.2, 0) is 0 Å². The number of hydrogen-bond acceptors (Lipinski definition) is 4. The fraction of sp³-hybridized carbons (Fsp3) is 0.500. The highest BCUT2D eigenvalue weighted by molar-refractivity contribution is 5.95. The fourth-order valence-electron chi connectivity index (χ4n) is 2.61. The molecule has 0 spiro atoms. The largest absolute Gasteiger partial charge is 0.454 e. The van der Waals surface area contributed by atoms with Gasteiger partial charge in [-0.2, -0.15) is 0 Å². The number of nitrogens with zero attached hydrogens (tertiary/aromatic N) is 1. The van der Waals surface area contributed by atoms with E-state index in [2.05, 4.69) is 0 Å². The number of aliphatic hydroxyl groups excluding tert-OH is 1. The lowest BCUT2D eigenvalue weighted by molar-refractivity contribution is 0.0620. The Bertz CT molecular complexity index is 488. The zero-order valence-electron chi connectivity index (χ0n) is 10.7. The van der Waals surface area contributed by atoms with Crippen LogP contribution in [0.4, 0.5) is 0 Å². The van der Waals surface area contributed by atoms with Crippen molar-refractivity contribution in [1.82, 2.24) is 4.90 Å². The van der Waals surface area contributed by atoms with E-state index >= 15 is 0 Å². The topological polar surface area (TPSA) is 59.0 Å². The van der Waals surface area contributed by atoms with Crippen molar-refractivity contribution in [3.8, 4) is 11.5 Å². The molecule has 1 amide bonds. The zero-order chi connectivity index (χ0) is 13.2. The molecule has 5 heteroatoms. The highest BCUT2D eigenvalue weighted by atomic mass is 16.7. The van der Waals surface area contributed by atoms with Gasteiger partial charge in [-0.1, -0.05) is 0 Å². The number of carbonyl (C=O) groups is 1. The van der Waals surface area contributed by atoms with E-state index in [0.29, 0.717) is 23.6 Å². The smallest absolute Gasteiger partial charge is 0.254 e. The normalized spacial score (nSPS) is 21.5. The molecule has 2 aliphatic heterocycles. The second kappa shape index (κ2) is 5.09. The predicted molar refractivity (Wildman–Crippen MR) is 68.3 cm³/mol. The van der Waals surface area contributed by atoms with Gasteiger partial charge >= 0.3 is 0 Å². The van der Waals surface area contributed by atoms with Gasteiger partial charge in [-0.05, 0) is 37.0 Å². The maximum Gasteiger partial charge on any atom is 0.254 e. The van der Waals surface area contributed by atoms with E-state index in [1.165, 1.54) is 0 Å². The summed E-state index contributed by atoms with van der Waals surface area (Å²) in [6, 6.07) is 5.26. The molecule has 1 saturated heterocycles. The number of piperidine rings is 1. The first-order valence-corrected chi connectivity index (χ1v) is 6.57. The summed E-state index contributed by atoms with van der Waals surface area (Å²) < 4.78 is 10.5. The standard InChI is InChI=1S/C14H17NO4/c16-8-10-2-1-5-15(7-10)14(17)11-3-4-12-13(6-11)19-9-18-12/h3-4,6,10,16H,1-2,5,7-9H2. The number of likely N-dealkylation sites (tertiary alicyclic amines) is 1. The Morgan fingerprint density at radius 3 is 3.05 bits per heavy atom. The Balaban J connectivity index is 1.76. The molecule has 1 N–H and O–H groups in total. The maximum atomic E-state index is 12.4. The van der Waals surface area contributed by atoms with Gasteiger partial charge in [0, 0.05) is 25.3 Å². The van der Waals surface area contributed by atoms with Crippen molar-refractivity contribution in [1.29, 1.82) is 0 Å². The Kier molecular flexibility index (Phi) is 3.29. The van der Waals surface area contributed by atoms with E-state index < -0.39 is 0 Å². The monoisotopic (exact) mass is 263 g/mol. The number of carbonyl (C=O) groups excluding carboxylic acids is 1. The van der Waals surface area contributed by atoms with Gasteiger partial charge in [0.1, 0.15) is 0 Å². The van der Waals surface area contributed by atoms with Crippen molar-refractivity contribution >= 4 is 5.91 Å². The third-order valence-electron chi connectivity index (χ3n) is 3.68. The summed E-state index contributed by atoms with van der Waals surface area (Å²) in [5.41, 5.74) is 0.614. The van der Waals surface area contributed by atoms with Gasteiger partial charge < -0.3 is 19.5 Å². The van der Waals surface area contributed by atoms with Gasteiger partial charge in [-0.25, -0.2) is 0 Å². The molecular weight excluding hydrogens is 246 g/mol. The van der Waals surface area contributed by atoms with Crippen LogP contribution in [-0.4, -0.2) is 42.4 Å². The highest BCUT2D eigenvalue weighted by Gasteiger charge is 2.25. The first-order valence-electron chi connectivity index (χ1n) is 6.57. The summed E-state index contributed by atoms with van der Waals surface area (Å²) in [7, 11) is 0. The summed E-state index contributed by atoms with van der Waals surface area (Å²) in [5, 5.41) is 9.21. The van der Waals surface area contributed by atoms with E-state index in [1.54, 1.807) is 18.2 Å². The minimum absolute atomic E-state index is 0.00329. The molecule has 1 aromatic carbocycles. The molecule has 0 aromatic heterocycles. The molecule has 1 unspecified atom stereocenters. The van der Waals surface area contributed by atoms with Gasteiger partial charge in [-0.15, -0.1) is 0 Å². The number of fused-ring (bicyclic) bond motifs is 1. The van der Waals surface area contributed by atoms with Crippen LogP contribution < -0.4 is 9.47 Å². The molecule has 1 atom stereocenters. The van der Waals surface area contributed by atoms with Crippen molar-refractivity contribution in [2.45, 2.75) is 12.8 Å². The number of rotatable bonds is 2. The zero-order valence-corrected chi connectivity index (χ0v) is 10.7. The van der Waals surface area contributed by atoms with Gasteiger partial charge in [0.25, 0.3) is 5.91 Å². The lowest BCUT2D eigenvalue weighted by Crippen LogP contribution is -2.40. The first kappa shape index (κ1) is 12.3. The number of hydrogen-bond donors (Lipinski definition) is 1. The minimum atomic E-state index is -0.00329. The van der Waals surface area contributed by atoms with Gasteiger partial charge in [-0.3, -0.25) is 4.79 Å². The molecular formula is C14H17NO4.